The zero-order valence-corrected chi connectivity index (χ0v) is 13.6. The minimum absolute atomic E-state index is 0.157. The van der Waals surface area contributed by atoms with Gasteiger partial charge in [-0.1, -0.05) is 30.3 Å². The van der Waals surface area contributed by atoms with Gasteiger partial charge in [0.05, 0.1) is 6.26 Å². The molecule has 6 heteroatoms. The molecule has 2 aromatic rings. The van der Waals surface area contributed by atoms with Crippen LogP contribution in [0.25, 0.3) is 11.1 Å². The van der Waals surface area contributed by atoms with Crippen molar-refractivity contribution in [2.45, 2.75) is 13.0 Å². The molecular weight excluding hydrogens is 298 g/mol. The Balaban J connectivity index is 1.90. The van der Waals surface area contributed by atoms with Crippen molar-refractivity contribution in [2.24, 2.45) is 0 Å². The van der Waals surface area contributed by atoms with E-state index in [2.05, 4.69) is 46.2 Å². The van der Waals surface area contributed by atoms with Gasteiger partial charge in [0, 0.05) is 31.5 Å². The first kappa shape index (κ1) is 16.6. The van der Waals surface area contributed by atoms with Gasteiger partial charge in [-0.3, -0.25) is 4.98 Å². The lowest BCUT2D eigenvalue weighted by Crippen LogP contribution is -2.32. The Labute approximate surface area is 131 Å². The zero-order valence-electron chi connectivity index (χ0n) is 12.8. The molecule has 0 saturated carbocycles. The van der Waals surface area contributed by atoms with Crippen LogP contribution >= 0.6 is 0 Å². The first-order valence-corrected chi connectivity index (χ1v) is 9.03. The van der Waals surface area contributed by atoms with E-state index in [4.69, 9.17) is 0 Å². The lowest BCUT2D eigenvalue weighted by molar-refractivity contribution is 0.556. The Kier molecular flexibility index (Phi) is 5.65. The highest BCUT2D eigenvalue weighted by Gasteiger charge is 2.06. The van der Waals surface area contributed by atoms with Crippen molar-refractivity contribution in [3.63, 3.8) is 0 Å². The molecule has 0 aliphatic rings. The average molecular weight is 319 g/mol. The molecule has 118 valence electrons. The molecule has 0 fully saturated rings. The number of aromatic nitrogens is 1. The summed E-state index contributed by atoms with van der Waals surface area (Å²) < 4.78 is 24.4. The second kappa shape index (κ2) is 7.49. The van der Waals surface area contributed by atoms with Crippen LogP contribution in [0.4, 0.5) is 0 Å². The SMILES string of the molecule is CC(NCCNS(C)(=O)=O)c1ccc(-c2cccnc2)cc1. The molecule has 0 radical (unpaired) electrons. The fraction of sp³-hybridized carbons (Fsp3) is 0.312. The summed E-state index contributed by atoms with van der Waals surface area (Å²) in [4.78, 5) is 4.12. The Hall–Kier alpha value is -1.76. The fourth-order valence-corrected chi connectivity index (χ4v) is 2.61. The summed E-state index contributed by atoms with van der Waals surface area (Å²) in [6.45, 7) is 3.02. The van der Waals surface area contributed by atoms with Crippen molar-refractivity contribution in [3.8, 4) is 11.1 Å². The highest BCUT2D eigenvalue weighted by Crippen LogP contribution is 2.20. The minimum atomic E-state index is -3.12. The molecule has 5 nitrogen and oxygen atoms in total. The van der Waals surface area contributed by atoms with Crippen LogP contribution in [0, 0.1) is 0 Å². The Morgan fingerprint density at radius 1 is 1.09 bits per heavy atom. The number of rotatable bonds is 7. The van der Waals surface area contributed by atoms with E-state index in [9.17, 15) is 8.42 Å². The Morgan fingerprint density at radius 2 is 1.82 bits per heavy atom. The maximum Gasteiger partial charge on any atom is 0.208 e. The molecule has 2 rings (SSSR count). The molecule has 1 aromatic carbocycles. The molecule has 0 bridgehead atoms. The molecule has 2 N–H and O–H groups in total. The topological polar surface area (TPSA) is 71.1 Å². The molecule has 1 aromatic heterocycles. The van der Waals surface area contributed by atoms with Gasteiger partial charge in [0.1, 0.15) is 0 Å². The molecule has 1 atom stereocenters. The van der Waals surface area contributed by atoms with E-state index in [0.29, 0.717) is 13.1 Å². The molecule has 1 unspecified atom stereocenters. The van der Waals surface area contributed by atoms with Crippen LogP contribution in [0.15, 0.2) is 48.8 Å². The van der Waals surface area contributed by atoms with Crippen LogP contribution in [0.1, 0.15) is 18.5 Å². The lowest BCUT2D eigenvalue weighted by atomic mass is 10.0. The van der Waals surface area contributed by atoms with E-state index in [1.165, 1.54) is 0 Å². The second-order valence-corrected chi connectivity index (χ2v) is 7.04. The summed E-state index contributed by atoms with van der Waals surface area (Å²) in [7, 11) is -3.12. The van der Waals surface area contributed by atoms with Crippen molar-refractivity contribution in [1.82, 2.24) is 15.0 Å². The van der Waals surface area contributed by atoms with Crippen LogP contribution in [-0.4, -0.2) is 32.7 Å². The van der Waals surface area contributed by atoms with Gasteiger partial charge in [0.15, 0.2) is 0 Å². The molecule has 22 heavy (non-hydrogen) atoms. The monoisotopic (exact) mass is 319 g/mol. The van der Waals surface area contributed by atoms with E-state index in [1.54, 1.807) is 6.20 Å². The van der Waals surface area contributed by atoms with Crippen LogP contribution in [0.3, 0.4) is 0 Å². The number of sulfonamides is 1. The summed E-state index contributed by atoms with van der Waals surface area (Å²) in [6.07, 6.45) is 4.76. The summed E-state index contributed by atoms with van der Waals surface area (Å²) >= 11 is 0. The fourth-order valence-electron chi connectivity index (χ4n) is 2.14. The third-order valence-electron chi connectivity index (χ3n) is 3.35. The highest BCUT2D eigenvalue weighted by atomic mass is 32.2. The number of hydrogen-bond acceptors (Lipinski definition) is 4. The van der Waals surface area contributed by atoms with Crippen LogP contribution in [-0.2, 0) is 10.0 Å². The van der Waals surface area contributed by atoms with Gasteiger partial charge in [0.2, 0.25) is 10.0 Å². The largest absolute Gasteiger partial charge is 0.309 e. The Morgan fingerprint density at radius 3 is 2.41 bits per heavy atom. The van der Waals surface area contributed by atoms with Gasteiger partial charge in [-0.2, -0.15) is 0 Å². The lowest BCUT2D eigenvalue weighted by Gasteiger charge is -2.15. The van der Waals surface area contributed by atoms with Crippen molar-refractivity contribution in [3.05, 3.63) is 54.4 Å². The summed E-state index contributed by atoms with van der Waals surface area (Å²) in [6, 6.07) is 12.4. The molecular formula is C16H21N3O2S. The number of nitrogens with zero attached hydrogens (tertiary/aromatic N) is 1. The standard InChI is InChI=1S/C16H21N3O2S/c1-13(18-10-11-19-22(2,20)21)14-5-7-15(8-6-14)16-4-3-9-17-12-16/h3-9,12-13,18-19H,10-11H2,1-2H3. The molecule has 1 heterocycles. The minimum Gasteiger partial charge on any atom is -0.309 e. The number of hydrogen-bond donors (Lipinski definition) is 2. The molecule has 0 aliphatic carbocycles. The van der Waals surface area contributed by atoms with Crippen LogP contribution < -0.4 is 10.0 Å². The second-order valence-electron chi connectivity index (χ2n) is 5.21. The highest BCUT2D eigenvalue weighted by molar-refractivity contribution is 7.88. The van der Waals surface area contributed by atoms with Crippen molar-refractivity contribution < 1.29 is 8.42 Å². The summed E-state index contributed by atoms with van der Waals surface area (Å²) in [5.74, 6) is 0. The maximum atomic E-state index is 11.0. The van der Waals surface area contributed by atoms with E-state index in [1.807, 2.05) is 18.3 Å². The molecule has 0 spiro atoms. The quantitative estimate of drug-likeness (QED) is 0.765. The molecule has 0 amide bonds. The average Bonchev–Trinajstić information content (AvgIpc) is 2.51. The summed E-state index contributed by atoms with van der Waals surface area (Å²) in [5, 5.41) is 3.29. The first-order chi connectivity index (χ1) is 10.5. The predicted molar refractivity (Wildman–Crippen MR) is 88.9 cm³/mol. The first-order valence-electron chi connectivity index (χ1n) is 7.14. The third-order valence-corrected chi connectivity index (χ3v) is 4.07. The smallest absolute Gasteiger partial charge is 0.208 e. The van der Waals surface area contributed by atoms with Gasteiger partial charge in [-0.25, -0.2) is 13.1 Å². The van der Waals surface area contributed by atoms with Crippen molar-refractivity contribution >= 4 is 10.0 Å². The van der Waals surface area contributed by atoms with E-state index >= 15 is 0 Å². The van der Waals surface area contributed by atoms with E-state index in [-0.39, 0.29) is 6.04 Å². The Bertz CT molecular complexity index is 685. The summed E-state index contributed by atoms with van der Waals surface area (Å²) in [5.41, 5.74) is 3.38. The van der Waals surface area contributed by atoms with Crippen molar-refractivity contribution in [1.29, 1.82) is 0 Å². The van der Waals surface area contributed by atoms with Gasteiger partial charge in [0.25, 0.3) is 0 Å². The number of benzene rings is 1. The predicted octanol–water partition coefficient (Wildman–Crippen LogP) is 1.95. The van der Waals surface area contributed by atoms with Crippen LogP contribution in [0.2, 0.25) is 0 Å². The van der Waals surface area contributed by atoms with Gasteiger partial charge < -0.3 is 5.32 Å². The van der Waals surface area contributed by atoms with Crippen LogP contribution in [0.5, 0.6) is 0 Å². The molecule has 0 saturated heterocycles. The normalized spacial score (nSPS) is 13.0. The molecule has 0 aliphatic heterocycles. The maximum absolute atomic E-state index is 11.0. The zero-order chi connectivity index (χ0) is 16.0. The van der Waals surface area contributed by atoms with Gasteiger partial charge >= 0.3 is 0 Å². The van der Waals surface area contributed by atoms with Crippen molar-refractivity contribution in [2.75, 3.05) is 19.3 Å². The van der Waals surface area contributed by atoms with Gasteiger partial charge in [-0.05, 0) is 29.7 Å². The number of nitrogens with one attached hydrogen (secondary N) is 2. The van der Waals surface area contributed by atoms with E-state index in [0.717, 1.165) is 22.9 Å². The van der Waals surface area contributed by atoms with Gasteiger partial charge in [-0.15, -0.1) is 0 Å². The number of pyridine rings is 1. The van der Waals surface area contributed by atoms with E-state index < -0.39 is 10.0 Å². The third kappa shape index (κ3) is 5.22.